The number of amides is 1. The van der Waals surface area contributed by atoms with Gasteiger partial charge in [-0.3, -0.25) is 19.0 Å². The van der Waals surface area contributed by atoms with Crippen LogP contribution in [0.1, 0.15) is 17.3 Å². The number of hydrogen-bond donors (Lipinski definition) is 4. The zero-order chi connectivity index (χ0) is 21.8. The summed E-state index contributed by atoms with van der Waals surface area (Å²) in [5.74, 6) is -0.614. The topological polar surface area (TPSA) is 150 Å². The molecule has 0 spiro atoms. The van der Waals surface area contributed by atoms with Crippen LogP contribution >= 0.6 is 0 Å². The van der Waals surface area contributed by atoms with Gasteiger partial charge in [0.2, 0.25) is 0 Å². The number of hydrogen-bond acceptors (Lipinski definition) is 6. The molecule has 1 amide bonds. The number of carbonyl (C=O) groups is 2. The summed E-state index contributed by atoms with van der Waals surface area (Å²) in [6, 6.07) is 7.64. The maximum absolute atomic E-state index is 12.6. The van der Waals surface area contributed by atoms with E-state index in [1.807, 2.05) is 30.5 Å². The molecule has 1 aromatic carbocycles. The van der Waals surface area contributed by atoms with E-state index in [9.17, 15) is 14.7 Å². The highest BCUT2D eigenvalue weighted by Gasteiger charge is 2.22. The van der Waals surface area contributed by atoms with Crippen molar-refractivity contribution in [2.75, 3.05) is 6.54 Å². The zero-order valence-corrected chi connectivity index (χ0v) is 16.2. The van der Waals surface area contributed by atoms with E-state index >= 15 is 0 Å². The van der Waals surface area contributed by atoms with Gasteiger partial charge in [-0.1, -0.05) is 12.1 Å². The predicted molar refractivity (Wildman–Crippen MR) is 110 cm³/mol. The summed E-state index contributed by atoms with van der Waals surface area (Å²) in [5.41, 5.74) is 1.07. The number of aromatic hydroxyl groups is 1. The summed E-state index contributed by atoms with van der Waals surface area (Å²) in [4.78, 5) is 45.1. The van der Waals surface area contributed by atoms with Crippen molar-refractivity contribution in [3.05, 3.63) is 52.6 Å². The molecule has 0 atom stereocenters. The Hall–Kier alpha value is -4.21. The number of fused-ring (bicyclic) bond motifs is 2. The van der Waals surface area contributed by atoms with Crippen LogP contribution in [0.5, 0.6) is 5.75 Å². The lowest BCUT2D eigenvalue weighted by atomic mass is 10.1. The number of H-pyrrole nitrogens is 1. The number of nitrogens with zero attached hydrogens (tertiary/aromatic N) is 3. The van der Waals surface area contributed by atoms with Crippen LogP contribution in [0, 0.1) is 0 Å². The van der Waals surface area contributed by atoms with Gasteiger partial charge >= 0.3 is 0 Å². The Kier molecular flexibility index (Phi) is 5.77. The van der Waals surface area contributed by atoms with E-state index in [1.165, 1.54) is 17.8 Å². The van der Waals surface area contributed by atoms with E-state index in [0.29, 0.717) is 12.4 Å². The highest BCUT2D eigenvalue weighted by atomic mass is 16.3. The Bertz CT molecular complexity index is 1310. The molecule has 0 unspecified atom stereocenters. The molecule has 4 aromatic rings. The Morgan fingerprint density at radius 1 is 1.30 bits per heavy atom. The molecule has 0 fully saturated rings. The quantitative estimate of drug-likeness (QED) is 0.376. The fraction of sp³-hybridized carbons (Fsp3) is 0.150. The first-order valence-electron chi connectivity index (χ1n) is 8.95. The molecule has 30 heavy (non-hydrogen) atoms. The van der Waals surface area contributed by atoms with Gasteiger partial charge in [-0.05, 0) is 19.1 Å². The van der Waals surface area contributed by atoms with Crippen LogP contribution in [0.2, 0.25) is 0 Å². The summed E-state index contributed by atoms with van der Waals surface area (Å²) >= 11 is 0. The average molecular weight is 409 g/mol. The Labute approximate surface area is 169 Å². The molecule has 10 heteroatoms. The highest BCUT2D eigenvalue weighted by Crippen LogP contribution is 2.29. The van der Waals surface area contributed by atoms with E-state index < -0.39 is 17.2 Å². The number of nitrogens with one attached hydrogen (secondary N) is 2. The van der Waals surface area contributed by atoms with Crippen molar-refractivity contribution in [2.45, 2.75) is 6.92 Å². The molecule has 154 valence electrons. The summed E-state index contributed by atoms with van der Waals surface area (Å²) in [6.45, 7) is 1.83. The summed E-state index contributed by atoms with van der Waals surface area (Å²) < 4.78 is 1.25. The van der Waals surface area contributed by atoms with E-state index in [-0.39, 0.29) is 23.1 Å². The molecule has 4 N–H and O–H groups in total. The van der Waals surface area contributed by atoms with Gasteiger partial charge in [-0.2, -0.15) is 0 Å². The second-order valence-corrected chi connectivity index (χ2v) is 6.23. The minimum absolute atomic E-state index is 0.239. The van der Waals surface area contributed by atoms with Crippen molar-refractivity contribution in [1.82, 2.24) is 24.8 Å². The van der Waals surface area contributed by atoms with Gasteiger partial charge in [0.1, 0.15) is 17.0 Å². The number of rotatable bonds is 3. The van der Waals surface area contributed by atoms with Crippen molar-refractivity contribution in [3.63, 3.8) is 0 Å². The van der Waals surface area contributed by atoms with Gasteiger partial charge in [0, 0.05) is 42.5 Å². The fourth-order valence-corrected chi connectivity index (χ4v) is 3.16. The van der Waals surface area contributed by atoms with Crippen LogP contribution in [0.25, 0.3) is 33.3 Å². The molecule has 0 saturated heterocycles. The number of carboxylic acid groups (broad SMARTS) is 1. The number of pyridine rings is 1. The third kappa shape index (κ3) is 3.46. The molecule has 3 heterocycles. The van der Waals surface area contributed by atoms with Crippen LogP contribution in [-0.2, 0) is 11.8 Å². The van der Waals surface area contributed by atoms with Gasteiger partial charge in [0.15, 0.2) is 5.82 Å². The van der Waals surface area contributed by atoms with Gasteiger partial charge in [-0.25, -0.2) is 9.97 Å². The monoisotopic (exact) mass is 409 g/mol. The molecule has 0 saturated carbocycles. The second-order valence-electron chi connectivity index (χ2n) is 6.23. The van der Waals surface area contributed by atoms with Gasteiger partial charge in [0.25, 0.3) is 17.9 Å². The first kappa shape index (κ1) is 20.5. The number of aromatic amines is 1. The summed E-state index contributed by atoms with van der Waals surface area (Å²) in [5, 5.41) is 21.1. The minimum atomic E-state index is -0.626. The first-order chi connectivity index (χ1) is 14.4. The number of aromatic nitrogens is 4. The number of benzene rings is 1. The third-order valence-corrected chi connectivity index (χ3v) is 4.50. The Morgan fingerprint density at radius 3 is 2.73 bits per heavy atom. The van der Waals surface area contributed by atoms with E-state index in [4.69, 9.17) is 9.90 Å². The molecule has 0 aliphatic rings. The smallest absolute Gasteiger partial charge is 0.290 e. The lowest BCUT2D eigenvalue weighted by Gasteiger charge is -2.12. The minimum Gasteiger partial charge on any atom is -0.506 e. The molecule has 4 rings (SSSR count). The fourth-order valence-electron chi connectivity index (χ4n) is 3.16. The molecule has 3 aromatic heterocycles. The first-order valence-corrected chi connectivity index (χ1v) is 8.95. The van der Waals surface area contributed by atoms with E-state index in [1.54, 1.807) is 6.92 Å². The van der Waals surface area contributed by atoms with Crippen LogP contribution in [-0.4, -0.2) is 48.7 Å². The van der Waals surface area contributed by atoms with E-state index in [2.05, 4.69) is 20.3 Å². The molecule has 0 radical (unpaired) electrons. The molecular weight excluding hydrogens is 390 g/mol. The normalized spacial score (nSPS) is 10.5. The SMILES string of the molecule is CCNC(=O)c1c(O)c2cnc(-c3cccc4[nH]ccc34)nc2n(C)c1=O.O=CO. The van der Waals surface area contributed by atoms with Crippen molar-refractivity contribution in [3.8, 4) is 17.1 Å². The lowest BCUT2D eigenvalue weighted by Crippen LogP contribution is -2.32. The Balaban J connectivity index is 0.000000806. The van der Waals surface area contributed by atoms with Crippen LogP contribution in [0.3, 0.4) is 0 Å². The average Bonchev–Trinajstić information content (AvgIpc) is 3.22. The highest BCUT2D eigenvalue weighted by molar-refractivity contribution is 6.02. The maximum Gasteiger partial charge on any atom is 0.290 e. The van der Waals surface area contributed by atoms with Crippen molar-refractivity contribution < 1.29 is 19.8 Å². The largest absolute Gasteiger partial charge is 0.506 e. The van der Waals surface area contributed by atoms with Crippen LogP contribution in [0.4, 0.5) is 0 Å². The van der Waals surface area contributed by atoms with Gasteiger partial charge < -0.3 is 20.5 Å². The predicted octanol–water partition coefficient (Wildman–Crippen LogP) is 1.63. The third-order valence-electron chi connectivity index (χ3n) is 4.50. The van der Waals surface area contributed by atoms with Crippen LogP contribution in [0.15, 0.2) is 41.5 Å². The van der Waals surface area contributed by atoms with Crippen LogP contribution < -0.4 is 10.9 Å². The number of carbonyl (C=O) groups excluding carboxylic acids is 1. The van der Waals surface area contributed by atoms with Crippen molar-refractivity contribution >= 4 is 34.3 Å². The molecular formula is C20H19N5O5. The van der Waals surface area contributed by atoms with Gasteiger partial charge in [0.05, 0.1) is 5.39 Å². The maximum atomic E-state index is 12.6. The molecule has 0 bridgehead atoms. The lowest BCUT2D eigenvalue weighted by molar-refractivity contribution is -0.122. The summed E-state index contributed by atoms with van der Waals surface area (Å²) in [6.07, 6.45) is 3.26. The Morgan fingerprint density at radius 2 is 2.03 bits per heavy atom. The summed E-state index contributed by atoms with van der Waals surface area (Å²) in [7, 11) is 1.51. The zero-order valence-electron chi connectivity index (χ0n) is 16.2. The number of aryl methyl sites for hydroxylation is 1. The standard InChI is InChI=1S/C19H17N5O3.CH2O2/c1-3-20-18(26)14-15(25)12-9-22-16(23-17(12)24(2)19(14)27)11-5-4-6-13-10(11)7-8-21-13;2-1-3/h4-9,21,25H,3H2,1-2H3,(H,20,26);1H,(H,2,3). The molecule has 0 aliphatic heterocycles. The molecule has 10 nitrogen and oxygen atoms in total. The van der Waals surface area contributed by atoms with E-state index in [0.717, 1.165) is 16.5 Å². The van der Waals surface area contributed by atoms with Crippen molar-refractivity contribution in [2.24, 2.45) is 7.05 Å². The van der Waals surface area contributed by atoms with Gasteiger partial charge in [-0.15, -0.1) is 0 Å². The second kappa shape index (κ2) is 8.43. The molecule has 0 aliphatic carbocycles. The van der Waals surface area contributed by atoms with Crippen molar-refractivity contribution in [1.29, 1.82) is 0 Å².